The standard InChI is InChI=1S/C18H16F3NO6S/c1-27-17(23)15-10-11-4-2-3-5-14(11)16(15)22(29(24,25)26)12-6-8-13(9-7-12)28-18(19,20)21/h2-9,15-16H,10H2,1H3,(H,24,25,26). The van der Waals surface area contributed by atoms with E-state index in [4.69, 9.17) is 4.74 Å². The van der Waals surface area contributed by atoms with E-state index in [0.29, 0.717) is 15.4 Å². The second-order valence-corrected chi connectivity index (χ2v) is 7.58. The Morgan fingerprint density at radius 2 is 1.76 bits per heavy atom. The molecule has 2 aromatic carbocycles. The van der Waals surface area contributed by atoms with Gasteiger partial charge in [0.2, 0.25) is 0 Å². The van der Waals surface area contributed by atoms with Crippen molar-refractivity contribution in [2.45, 2.75) is 18.8 Å². The van der Waals surface area contributed by atoms with E-state index in [9.17, 15) is 30.9 Å². The number of hydrogen-bond donors (Lipinski definition) is 1. The van der Waals surface area contributed by atoms with E-state index in [1.54, 1.807) is 24.3 Å². The Balaban J connectivity index is 2.08. The van der Waals surface area contributed by atoms with E-state index in [1.165, 1.54) is 0 Å². The lowest BCUT2D eigenvalue weighted by Crippen LogP contribution is -2.39. The molecule has 0 amide bonds. The lowest BCUT2D eigenvalue weighted by Gasteiger charge is -2.31. The quantitative estimate of drug-likeness (QED) is 0.577. The molecular formula is C18H16F3NO6S. The minimum absolute atomic E-state index is 0.141. The predicted molar refractivity (Wildman–Crippen MR) is 95.5 cm³/mol. The Morgan fingerprint density at radius 1 is 1.14 bits per heavy atom. The molecule has 2 atom stereocenters. The molecule has 11 heteroatoms. The molecule has 156 valence electrons. The first-order chi connectivity index (χ1) is 13.5. The van der Waals surface area contributed by atoms with Crippen molar-refractivity contribution in [3.63, 3.8) is 0 Å². The third-order valence-electron chi connectivity index (χ3n) is 4.52. The third-order valence-corrected chi connectivity index (χ3v) is 5.46. The van der Waals surface area contributed by atoms with Crippen LogP contribution in [0.15, 0.2) is 48.5 Å². The SMILES string of the molecule is COC(=O)C1Cc2ccccc2C1N(c1ccc(OC(F)(F)F)cc1)S(=O)(=O)O. The Kier molecular flexibility index (Phi) is 5.46. The number of halogens is 3. The third kappa shape index (κ3) is 4.46. The number of methoxy groups -OCH3 is 1. The highest BCUT2D eigenvalue weighted by atomic mass is 32.2. The molecular weight excluding hydrogens is 415 g/mol. The molecule has 2 aromatic rings. The fourth-order valence-electron chi connectivity index (χ4n) is 3.46. The summed E-state index contributed by atoms with van der Waals surface area (Å²) in [6.45, 7) is 0. The van der Waals surface area contributed by atoms with E-state index in [2.05, 4.69) is 4.74 Å². The van der Waals surface area contributed by atoms with Crippen LogP contribution >= 0.6 is 0 Å². The summed E-state index contributed by atoms with van der Waals surface area (Å²) in [7, 11) is -3.75. The van der Waals surface area contributed by atoms with Crippen molar-refractivity contribution in [3.05, 3.63) is 59.7 Å². The highest BCUT2D eigenvalue weighted by molar-refractivity contribution is 7.87. The number of esters is 1. The summed E-state index contributed by atoms with van der Waals surface area (Å²) in [5.74, 6) is -2.20. The van der Waals surface area contributed by atoms with Gasteiger partial charge in [-0.25, -0.2) is 4.31 Å². The first-order valence-electron chi connectivity index (χ1n) is 8.29. The van der Waals surface area contributed by atoms with Crippen molar-refractivity contribution in [1.82, 2.24) is 0 Å². The topological polar surface area (TPSA) is 93.1 Å². The van der Waals surface area contributed by atoms with E-state index in [-0.39, 0.29) is 12.1 Å². The second kappa shape index (κ2) is 7.56. The van der Waals surface area contributed by atoms with Crippen LogP contribution in [0.3, 0.4) is 0 Å². The number of benzene rings is 2. The Bertz CT molecular complexity index is 1010. The van der Waals surface area contributed by atoms with E-state index >= 15 is 0 Å². The van der Waals surface area contributed by atoms with E-state index in [0.717, 1.165) is 31.4 Å². The number of nitrogens with zero attached hydrogens (tertiary/aromatic N) is 1. The monoisotopic (exact) mass is 431 g/mol. The summed E-state index contributed by atoms with van der Waals surface area (Å²) in [6.07, 6.45) is -4.74. The molecule has 0 radical (unpaired) electrons. The van der Waals surface area contributed by atoms with Gasteiger partial charge in [-0.05, 0) is 41.8 Å². The van der Waals surface area contributed by atoms with Gasteiger partial charge in [0, 0.05) is 0 Å². The van der Waals surface area contributed by atoms with Gasteiger partial charge in [-0.15, -0.1) is 13.2 Å². The van der Waals surface area contributed by atoms with Crippen LogP contribution in [-0.2, 0) is 26.3 Å². The molecule has 29 heavy (non-hydrogen) atoms. The molecule has 0 bridgehead atoms. The highest BCUT2D eigenvalue weighted by Gasteiger charge is 2.45. The Labute approximate surface area is 164 Å². The van der Waals surface area contributed by atoms with Crippen molar-refractivity contribution < 1.29 is 40.4 Å². The number of rotatable bonds is 5. The molecule has 7 nitrogen and oxygen atoms in total. The van der Waals surface area contributed by atoms with Gasteiger partial charge in [0.25, 0.3) is 0 Å². The zero-order chi connectivity index (χ0) is 21.4. The van der Waals surface area contributed by atoms with E-state index < -0.39 is 40.3 Å². The summed E-state index contributed by atoms with van der Waals surface area (Å²) < 4.78 is 80.5. The maximum Gasteiger partial charge on any atom is 0.573 e. The number of carbonyl (C=O) groups excluding carboxylic acids is 1. The molecule has 2 unspecified atom stereocenters. The Morgan fingerprint density at radius 3 is 2.31 bits per heavy atom. The molecule has 3 rings (SSSR count). The summed E-state index contributed by atoms with van der Waals surface area (Å²) >= 11 is 0. The lowest BCUT2D eigenvalue weighted by atomic mass is 10.00. The fourth-order valence-corrected chi connectivity index (χ4v) is 4.39. The highest BCUT2D eigenvalue weighted by Crippen LogP contribution is 2.44. The van der Waals surface area contributed by atoms with Gasteiger partial charge in [-0.1, -0.05) is 24.3 Å². The zero-order valence-electron chi connectivity index (χ0n) is 15.0. The molecule has 0 fully saturated rings. The molecule has 1 aliphatic rings. The average molecular weight is 431 g/mol. The van der Waals surface area contributed by atoms with E-state index in [1.807, 2.05) is 0 Å². The van der Waals surface area contributed by atoms with Crippen LogP contribution < -0.4 is 9.04 Å². The van der Waals surface area contributed by atoms with Crippen molar-refractivity contribution >= 4 is 22.0 Å². The van der Waals surface area contributed by atoms with Gasteiger partial charge in [0.1, 0.15) is 5.75 Å². The van der Waals surface area contributed by atoms with Gasteiger partial charge >= 0.3 is 22.6 Å². The molecule has 0 saturated carbocycles. The molecule has 0 saturated heterocycles. The normalized spacial score (nSPS) is 18.8. The van der Waals surface area contributed by atoms with Crippen LogP contribution in [0.2, 0.25) is 0 Å². The maximum atomic E-state index is 12.4. The van der Waals surface area contributed by atoms with Gasteiger partial charge in [-0.3, -0.25) is 9.35 Å². The smallest absolute Gasteiger partial charge is 0.469 e. The van der Waals surface area contributed by atoms with Crippen molar-refractivity contribution in [1.29, 1.82) is 0 Å². The van der Waals surface area contributed by atoms with Crippen LogP contribution in [0, 0.1) is 5.92 Å². The van der Waals surface area contributed by atoms with Crippen LogP contribution in [0.1, 0.15) is 17.2 Å². The molecule has 0 heterocycles. The summed E-state index contributed by atoms with van der Waals surface area (Å²) in [4.78, 5) is 12.3. The van der Waals surface area contributed by atoms with Crippen molar-refractivity contribution in [2.24, 2.45) is 5.92 Å². The fraction of sp³-hybridized carbons (Fsp3) is 0.278. The average Bonchev–Trinajstić information content (AvgIpc) is 3.00. The number of hydrogen-bond acceptors (Lipinski definition) is 5. The van der Waals surface area contributed by atoms with Crippen molar-refractivity contribution in [2.75, 3.05) is 11.4 Å². The maximum absolute atomic E-state index is 12.4. The zero-order valence-corrected chi connectivity index (χ0v) is 15.8. The van der Waals surface area contributed by atoms with Crippen molar-refractivity contribution in [3.8, 4) is 5.75 Å². The number of anilines is 1. The van der Waals surface area contributed by atoms with Crippen LogP contribution in [0.4, 0.5) is 18.9 Å². The molecule has 1 aliphatic carbocycles. The van der Waals surface area contributed by atoms with Crippen LogP contribution in [0.25, 0.3) is 0 Å². The molecule has 0 aliphatic heterocycles. The molecule has 0 spiro atoms. The largest absolute Gasteiger partial charge is 0.573 e. The second-order valence-electron chi connectivity index (χ2n) is 6.29. The number of ether oxygens (including phenoxy) is 2. The van der Waals surface area contributed by atoms with Gasteiger partial charge < -0.3 is 9.47 Å². The van der Waals surface area contributed by atoms with Gasteiger partial charge in [0.15, 0.2) is 0 Å². The summed E-state index contributed by atoms with van der Waals surface area (Å²) in [5.41, 5.74) is 1.03. The number of alkyl halides is 3. The van der Waals surface area contributed by atoms with Crippen LogP contribution in [-0.4, -0.2) is 32.4 Å². The van der Waals surface area contributed by atoms with Crippen LogP contribution in [0.5, 0.6) is 5.75 Å². The molecule has 1 N–H and O–H groups in total. The van der Waals surface area contributed by atoms with Gasteiger partial charge in [0.05, 0.1) is 24.8 Å². The minimum atomic E-state index is -4.91. The summed E-state index contributed by atoms with van der Waals surface area (Å²) in [6, 6.07) is 9.47. The number of carbonyl (C=O) groups is 1. The first kappa shape index (κ1) is 20.9. The minimum Gasteiger partial charge on any atom is -0.469 e. The predicted octanol–water partition coefficient (Wildman–Crippen LogP) is 3.28. The molecule has 0 aromatic heterocycles. The summed E-state index contributed by atoms with van der Waals surface area (Å²) in [5, 5.41) is 0. The number of fused-ring (bicyclic) bond motifs is 1. The lowest BCUT2D eigenvalue weighted by molar-refractivity contribution is -0.274. The first-order valence-corrected chi connectivity index (χ1v) is 9.69. The Hall–Kier alpha value is -2.79. The van der Waals surface area contributed by atoms with Gasteiger partial charge in [-0.2, -0.15) is 8.42 Å².